The molecule has 26 heavy (non-hydrogen) atoms. The third kappa shape index (κ3) is 3.26. The zero-order valence-corrected chi connectivity index (χ0v) is 15.5. The van der Waals surface area contributed by atoms with Crippen LogP contribution in [0.4, 0.5) is 5.13 Å². The number of amides is 1. The highest BCUT2D eigenvalue weighted by Gasteiger charge is 2.11. The van der Waals surface area contributed by atoms with Crippen LogP contribution in [0.2, 0.25) is 0 Å². The summed E-state index contributed by atoms with van der Waals surface area (Å²) in [6.07, 6.45) is 2.22. The third-order valence-corrected chi connectivity index (χ3v) is 5.34. The molecule has 2 heterocycles. The minimum atomic E-state index is -0.0595. The lowest BCUT2D eigenvalue weighted by atomic mass is 10.1. The molecule has 0 spiro atoms. The van der Waals surface area contributed by atoms with Crippen LogP contribution in [0.5, 0.6) is 0 Å². The van der Waals surface area contributed by atoms with Gasteiger partial charge in [0.2, 0.25) is 5.91 Å². The van der Waals surface area contributed by atoms with Gasteiger partial charge in [-0.3, -0.25) is 4.79 Å². The zero-order chi connectivity index (χ0) is 18.1. The van der Waals surface area contributed by atoms with Gasteiger partial charge in [0.25, 0.3) is 0 Å². The molecule has 4 rings (SSSR count). The second-order valence-corrected chi connectivity index (χ2v) is 7.28. The van der Waals surface area contributed by atoms with Crippen LogP contribution in [-0.4, -0.2) is 15.9 Å². The van der Waals surface area contributed by atoms with E-state index in [0.717, 1.165) is 27.7 Å². The summed E-state index contributed by atoms with van der Waals surface area (Å²) in [6, 6.07) is 14.3. The van der Waals surface area contributed by atoms with Crippen molar-refractivity contribution >= 4 is 33.3 Å². The van der Waals surface area contributed by atoms with Gasteiger partial charge in [-0.2, -0.15) is 0 Å². The van der Waals surface area contributed by atoms with E-state index < -0.39 is 0 Å². The van der Waals surface area contributed by atoms with E-state index in [1.54, 1.807) is 0 Å². The molecule has 0 bridgehead atoms. The number of hydrogen-bond acceptors (Lipinski definition) is 3. The van der Waals surface area contributed by atoms with E-state index in [-0.39, 0.29) is 5.91 Å². The standard InChI is InChI=1S/C21H19N3OS/c1-13-7-8-15(9-14(13)2)19-12-26-21(23-19)24-20(25)10-16-11-22-18-6-4-3-5-17(16)18/h3-9,11-12,22H,10H2,1-2H3,(H,23,24,25). The molecule has 0 aliphatic rings. The molecule has 130 valence electrons. The first-order chi connectivity index (χ1) is 12.6. The minimum absolute atomic E-state index is 0.0595. The molecule has 0 saturated heterocycles. The Morgan fingerprint density at radius 2 is 2.00 bits per heavy atom. The molecule has 0 aliphatic carbocycles. The Bertz CT molecular complexity index is 1090. The molecule has 0 saturated carbocycles. The van der Waals surface area contributed by atoms with Crippen molar-refractivity contribution in [1.82, 2.24) is 9.97 Å². The number of aromatic amines is 1. The smallest absolute Gasteiger partial charge is 0.230 e. The van der Waals surface area contributed by atoms with E-state index in [9.17, 15) is 4.79 Å². The average molecular weight is 361 g/mol. The number of rotatable bonds is 4. The van der Waals surface area contributed by atoms with Gasteiger partial charge >= 0.3 is 0 Å². The van der Waals surface area contributed by atoms with E-state index in [1.807, 2.05) is 35.8 Å². The number of anilines is 1. The number of nitrogens with one attached hydrogen (secondary N) is 2. The number of thiazole rings is 1. The predicted molar refractivity (Wildman–Crippen MR) is 108 cm³/mol. The molecule has 4 nitrogen and oxygen atoms in total. The quantitative estimate of drug-likeness (QED) is 0.532. The molecule has 0 fully saturated rings. The number of fused-ring (bicyclic) bond motifs is 1. The Morgan fingerprint density at radius 1 is 1.15 bits per heavy atom. The number of carbonyl (C=O) groups excluding carboxylic acids is 1. The van der Waals surface area contributed by atoms with Crippen LogP contribution >= 0.6 is 11.3 Å². The highest BCUT2D eigenvalue weighted by molar-refractivity contribution is 7.14. The molecule has 4 aromatic rings. The summed E-state index contributed by atoms with van der Waals surface area (Å²) in [5.74, 6) is -0.0595. The van der Waals surface area contributed by atoms with Crippen molar-refractivity contribution in [3.05, 3.63) is 70.7 Å². The van der Waals surface area contributed by atoms with Gasteiger partial charge in [-0.1, -0.05) is 30.3 Å². The Balaban J connectivity index is 1.48. The van der Waals surface area contributed by atoms with E-state index in [1.165, 1.54) is 22.5 Å². The number of carbonyl (C=O) groups is 1. The lowest BCUT2D eigenvalue weighted by Crippen LogP contribution is -2.14. The normalized spacial score (nSPS) is 11.0. The van der Waals surface area contributed by atoms with Crippen molar-refractivity contribution in [3.63, 3.8) is 0 Å². The molecular weight excluding hydrogens is 342 g/mol. The fraction of sp³-hybridized carbons (Fsp3) is 0.143. The molecule has 1 amide bonds. The van der Waals surface area contributed by atoms with Crippen LogP contribution in [-0.2, 0) is 11.2 Å². The number of aryl methyl sites for hydroxylation is 2. The molecular formula is C21H19N3OS. The number of H-pyrrole nitrogens is 1. The maximum atomic E-state index is 12.4. The summed E-state index contributed by atoms with van der Waals surface area (Å²) in [4.78, 5) is 20.2. The Hall–Kier alpha value is -2.92. The topological polar surface area (TPSA) is 57.8 Å². The molecule has 0 unspecified atom stereocenters. The number of benzene rings is 2. The first kappa shape index (κ1) is 16.5. The molecule has 0 radical (unpaired) electrons. The van der Waals surface area contributed by atoms with E-state index in [0.29, 0.717) is 11.6 Å². The first-order valence-electron chi connectivity index (χ1n) is 8.48. The summed E-state index contributed by atoms with van der Waals surface area (Å²) in [5, 5.41) is 6.60. The summed E-state index contributed by atoms with van der Waals surface area (Å²) in [7, 11) is 0. The van der Waals surface area contributed by atoms with Gasteiger partial charge in [0.05, 0.1) is 12.1 Å². The molecule has 0 atom stereocenters. The summed E-state index contributed by atoms with van der Waals surface area (Å²) in [6.45, 7) is 4.19. The van der Waals surface area contributed by atoms with Crippen molar-refractivity contribution in [2.75, 3.05) is 5.32 Å². The van der Waals surface area contributed by atoms with Crippen LogP contribution in [0.25, 0.3) is 22.2 Å². The molecule has 2 aromatic carbocycles. The molecule has 2 aromatic heterocycles. The van der Waals surface area contributed by atoms with Crippen molar-refractivity contribution in [2.24, 2.45) is 0 Å². The minimum Gasteiger partial charge on any atom is -0.361 e. The first-order valence-corrected chi connectivity index (χ1v) is 9.36. The molecule has 0 aliphatic heterocycles. The number of para-hydroxylation sites is 1. The summed E-state index contributed by atoms with van der Waals surface area (Å²) < 4.78 is 0. The monoisotopic (exact) mass is 361 g/mol. The van der Waals surface area contributed by atoms with Gasteiger partial charge < -0.3 is 10.3 Å². The van der Waals surface area contributed by atoms with Gasteiger partial charge in [-0.15, -0.1) is 11.3 Å². The lowest BCUT2D eigenvalue weighted by molar-refractivity contribution is -0.115. The Morgan fingerprint density at radius 3 is 2.85 bits per heavy atom. The van der Waals surface area contributed by atoms with Crippen molar-refractivity contribution in [3.8, 4) is 11.3 Å². The second kappa shape index (κ2) is 6.77. The maximum Gasteiger partial charge on any atom is 0.230 e. The van der Waals surface area contributed by atoms with Crippen LogP contribution in [0.3, 0.4) is 0 Å². The zero-order valence-electron chi connectivity index (χ0n) is 14.7. The average Bonchev–Trinajstić information content (AvgIpc) is 3.25. The number of hydrogen-bond donors (Lipinski definition) is 2. The van der Waals surface area contributed by atoms with Gasteiger partial charge in [0.15, 0.2) is 5.13 Å². The largest absolute Gasteiger partial charge is 0.361 e. The fourth-order valence-corrected chi connectivity index (χ4v) is 3.71. The predicted octanol–water partition coefficient (Wildman–Crippen LogP) is 5.09. The van der Waals surface area contributed by atoms with Crippen molar-refractivity contribution < 1.29 is 4.79 Å². The third-order valence-electron chi connectivity index (χ3n) is 4.58. The van der Waals surface area contributed by atoms with Crippen LogP contribution in [0.1, 0.15) is 16.7 Å². The Labute approximate surface area is 155 Å². The van der Waals surface area contributed by atoms with Crippen LogP contribution in [0, 0.1) is 13.8 Å². The fourth-order valence-electron chi connectivity index (χ4n) is 2.98. The van der Waals surface area contributed by atoms with Crippen LogP contribution in [0.15, 0.2) is 54.0 Å². The van der Waals surface area contributed by atoms with Gasteiger partial charge in [-0.05, 0) is 42.7 Å². The van der Waals surface area contributed by atoms with Crippen LogP contribution < -0.4 is 5.32 Å². The number of aromatic nitrogens is 2. The van der Waals surface area contributed by atoms with E-state index in [4.69, 9.17) is 0 Å². The SMILES string of the molecule is Cc1ccc(-c2csc(NC(=O)Cc3c[nH]c4ccccc34)n2)cc1C. The van der Waals surface area contributed by atoms with E-state index in [2.05, 4.69) is 47.3 Å². The molecule has 2 N–H and O–H groups in total. The maximum absolute atomic E-state index is 12.4. The lowest BCUT2D eigenvalue weighted by Gasteiger charge is -2.03. The van der Waals surface area contributed by atoms with E-state index >= 15 is 0 Å². The van der Waals surface area contributed by atoms with Gasteiger partial charge in [0, 0.05) is 28.0 Å². The summed E-state index contributed by atoms with van der Waals surface area (Å²) in [5.41, 5.74) is 6.49. The van der Waals surface area contributed by atoms with Crippen molar-refractivity contribution in [1.29, 1.82) is 0 Å². The molecule has 5 heteroatoms. The van der Waals surface area contributed by atoms with Gasteiger partial charge in [-0.25, -0.2) is 4.98 Å². The second-order valence-electron chi connectivity index (χ2n) is 6.42. The van der Waals surface area contributed by atoms with Gasteiger partial charge in [0.1, 0.15) is 0 Å². The highest BCUT2D eigenvalue weighted by atomic mass is 32.1. The Kier molecular flexibility index (Phi) is 4.31. The van der Waals surface area contributed by atoms with Crippen molar-refractivity contribution in [2.45, 2.75) is 20.3 Å². The highest BCUT2D eigenvalue weighted by Crippen LogP contribution is 2.27. The summed E-state index contributed by atoms with van der Waals surface area (Å²) >= 11 is 1.45. The number of nitrogens with zero attached hydrogens (tertiary/aromatic N) is 1.